The van der Waals surface area contributed by atoms with E-state index in [-0.39, 0.29) is 11.9 Å². The van der Waals surface area contributed by atoms with Crippen LogP contribution in [0.15, 0.2) is 36.6 Å². The fourth-order valence-corrected chi connectivity index (χ4v) is 1.74. The molecule has 0 radical (unpaired) electrons. The second kappa shape index (κ2) is 5.86. The molecule has 0 aliphatic carbocycles. The summed E-state index contributed by atoms with van der Waals surface area (Å²) in [5.41, 5.74) is 0.729. The third-order valence-corrected chi connectivity index (χ3v) is 2.64. The fourth-order valence-electron chi connectivity index (χ4n) is 1.74. The van der Waals surface area contributed by atoms with Gasteiger partial charge in [-0.15, -0.1) is 13.2 Å². The van der Waals surface area contributed by atoms with Crippen molar-refractivity contribution in [1.82, 2.24) is 0 Å². The number of halogens is 3. The normalized spacial score (nSPS) is 18.8. The summed E-state index contributed by atoms with van der Waals surface area (Å²) in [5, 5.41) is 3.11. The van der Waals surface area contributed by atoms with E-state index >= 15 is 0 Å². The number of nitrogens with one attached hydrogen (secondary N) is 1. The molecule has 0 bridgehead atoms. The van der Waals surface area contributed by atoms with E-state index < -0.39 is 6.36 Å². The van der Waals surface area contributed by atoms with Crippen molar-refractivity contribution in [1.29, 1.82) is 0 Å². The molecule has 1 atom stereocenters. The first-order valence-electron chi connectivity index (χ1n) is 5.93. The lowest BCUT2D eigenvalue weighted by atomic mass is 10.1. The highest BCUT2D eigenvalue weighted by molar-refractivity contribution is 5.46. The monoisotopic (exact) mass is 273 g/mol. The Bertz CT molecular complexity index is 429. The van der Waals surface area contributed by atoms with Gasteiger partial charge in [-0.05, 0) is 43.2 Å². The van der Waals surface area contributed by atoms with Gasteiger partial charge in [0.15, 0.2) is 0 Å². The topological polar surface area (TPSA) is 30.5 Å². The van der Waals surface area contributed by atoms with Crippen LogP contribution in [0.2, 0.25) is 0 Å². The predicted octanol–water partition coefficient (Wildman–Crippen LogP) is 3.69. The molecule has 0 amide bonds. The van der Waals surface area contributed by atoms with E-state index in [4.69, 9.17) is 4.74 Å². The number of hydrogen-bond acceptors (Lipinski definition) is 3. The second-order valence-electron chi connectivity index (χ2n) is 4.16. The number of hydrogen-bond donors (Lipinski definition) is 1. The van der Waals surface area contributed by atoms with Crippen LogP contribution in [-0.4, -0.2) is 19.0 Å². The highest BCUT2D eigenvalue weighted by Crippen LogP contribution is 2.24. The summed E-state index contributed by atoms with van der Waals surface area (Å²) in [7, 11) is 0. The molecular weight excluding hydrogens is 259 g/mol. The number of alkyl halides is 3. The number of anilines is 1. The molecule has 19 heavy (non-hydrogen) atoms. The standard InChI is InChI=1S/C13H14F3NO2/c14-13(15,16)19-11-6-4-10(5-7-11)17-9-12-3-1-2-8-18-12/h2,4-8,12,17H,1,3,9H2. The van der Waals surface area contributed by atoms with Gasteiger partial charge in [0.25, 0.3) is 0 Å². The van der Waals surface area contributed by atoms with Crippen LogP contribution in [0, 0.1) is 0 Å². The van der Waals surface area contributed by atoms with Crippen molar-refractivity contribution >= 4 is 5.69 Å². The van der Waals surface area contributed by atoms with E-state index in [1.807, 2.05) is 6.08 Å². The average molecular weight is 273 g/mol. The molecular formula is C13H14F3NO2. The van der Waals surface area contributed by atoms with Crippen LogP contribution < -0.4 is 10.1 Å². The molecule has 1 heterocycles. The highest BCUT2D eigenvalue weighted by atomic mass is 19.4. The molecule has 104 valence electrons. The maximum atomic E-state index is 12.0. The van der Waals surface area contributed by atoms with E-state index in [0.717, 1.165) is 18.5 Å². The Kier molecular flexibility index (Phi) is 4.19. The highest BCUT2D eigenvalue weighted by Gasteiger charge is 2.30. The molecule has 0 saturated carbocycles. The first kappa shape index (κ1) is 13.6. The van der Waals surface area contributed by atoms with Gasteiger partial charge < -0.3 is 14.8 Å². The van der Waals surface area contributed by atoms with Gasteiger partial charge >= 0.3 is 6.36 Å². The summed E-state index contributed by atoms with van der Waals surface area (Å²) < 4.78 is 45.1. The zero-order valence-electron chi connectivity index (χ0n) is 10.1. The average Bonchev–Trinajstić information content (AvgIpc) is 2.37. The first-order valence-corrected chi connectivity index (χ1v) is 5.93. The smallest absolute Gasteiger partial charge is 0.497 e. The van der Waals surface area contributed by atoms with E-state index in [9.17, 15) is 13.2 Å². The molecule has 0 aromatic heterocycles. The molecule has 0 spiro atoms. The van der Waals surface area contributed by atoms with E-state index in [2.05, 4.69) is 10.1 Å². The van der Waals surface area contributed by atoms with Crippen molar-refractivity contribution in [2.75, 3.05) is 11.9 Å². The lowest BCUT2D eigenvalue weighted by Gasteiger charge is -2.20. The number of allylic oxidation sites excluding steroid dienone is 1. The Morgan fingerprint density at radius 2 is 2.00 bits per heavy atom. The van der Waals surface area contributed by atoms with Crippen LogP contribution in [0.5, 0.6) is 5.75 Å². The van der Waals surface area contributed by atoms with Gasteiger partial charge in [0.2, 0.25) is 0 Å². The minimum atomic E-state index is -4.66. The lowest BCUT2D eigenvalue weighted by molar-refractivity contribution is -0.274. The summed E-state index contributed by atoms with van der Waals surface area (Å²) in [6.45, 7) is 0.615. The lowest BCUT2D eigenvalue weighted by Crippen LogP contribution is -2.23. The summed E-state index contributed by atoms with van der Waals surface area (Å²) in [4.78, 5) is 0. The van der Waals surface area contributed by atoms with Crippen LogP contribution in [0.25, 0.3) is 0 Å². The molecule has 1 aromatic rings. The molecule has 0 saturated heterocycles. The first-order chi connectivity index (χ1) is 9.03. The molecule has 1 N–H and O–H groups in total. The largest absolute Gasteiger partial charge is 0.573 e. The van der Waals surface area contributed by atoms with Crippen molar-refractivity contribution in [2.45, 2.75) is 25.3 Å². The summed E-state index contributed by atoms with van der Waals surface area (Å²) in [5.74, 6) is -0.227. The summed E-state index contributed by atoms with van der Waals surface area (Å²) in [6.07, 6.45) is 0.979. The number of rotatable bonds is 4. The minimum absolute atomic E-state index is 0.0936. The predicted molar refractivity (Wildman–Crippen MR) is 64.9 cm³/mol. The molecule has 1 aliphatic rings. The molecule has 1 aliphatic heterocycles. The van der Waals surface area contributed by atoms with Crippen molar-refractivity contribution < 1.29 is 22.6 Å². The van der Waals surface area contributed by atoms with Gasteiger partial charge in [0.05, 0.1) is 12.8 Å². The van der Waals surface area contributed by atoms with E-state index in [0.29, 0.717) is 6.54 Å². The van der Waals surface area contributed by atoms with Crippen LogP contribution in [-0.2, 0) is 4.74 Å². The quantitative estimate of drug-likeness (QED) is 0.907. The van der Waals surface area contributed by atoms with Gasteiger partial charge in [0.1, 0.15) is 11.9 Å². The zero-order valence-corrected chi connectivity index (χ0v) is 10.1. The van der Waals surface area contributed by atoms with Crippen molar-refractivity contribution in [3.63, 3.8) is 0 Å². The Labute approximate surface area is 109 Å². The maximum Gasteiger partial charge on any atom is 0.573 e. The fraction of sp³-hybridized carbons (Fsp3) is 0.385. The SMILES string of the molecule is FC(F)(F)Oc1ccc(NCC2CCC=CO2)cc1. The third-order valence-electron chi connectivity index (χ3n) is 2.64. The van der Waals surface area contributed by atoms with Crippen LogP contribution in [0.1, 0.15) is 12.8 Å². The molecule has 1 aromatic carbocycles. The Hall–Kier alpha value is -1.85. The van der Waals surface area contributed by atoms with Crippen LogP contribution in [0.3, 0.4) is 0 Å². The molecule has 1 unspecified atom stereocenters. The summed E-state index contributed by atoms with van der Waals surface area (Å²) >= 11 is 0. The van der Waals surface area contributed by atoms with Gasteiger partial charge in [0, 0.05) is 5.69 Å². The van der Waals surface area contributed by atoms with Crippen molar-refractivity contribution in [2.24, 2.45) is 0 Å². The van der Waals surface area contributed by atoms with Crippen LogP contribution >= 0.6 is 0 Å². The molecule has 0 fully saturated rings. The Morgan fingerprint density at radius 3 is 2.58 bits per heavy atom. The number of benzene rings is 1. The van der Waals surface area contributed by atoms with Gasteiger partial charge in [-0.2, -0.15) is 0 Å². The van der Waals surface area contributed by atoms with Gasteiger partial charge in [-0.25, -0.2) is 0 Å². The zero-order chi connectivity index (χ0) is 13.7. The van der Waals surface area contributed by atoms with E-state index in [1.54, 1.807) is 18.4 Å². The molecule has 2 rings (SSSR count). The second-order valence-corrected chi connectivity index (χ2v) is 4.16. The van der Waals surface area contributed by atoms with Crippen LogP contribution in [0.4, 0.5) is 18.9 Å². The van der Waals surface area contributed by atoms with Gasteiger partial charge in [-0.1, -0.05) is 0 Å². The molecule has 3 nitrogen and oxygen atoms in total. The minimum Gasteiger partial charge on any atom is -0.497 e. The Balaban J connectivity index is 1.83. The third kappa shape index (κ3) is 4.73. The summed E-state index contributed by atoms with van der Waals surface area (Å²) in [6, 6.07) is 5.63. The Morgan fingerprint density at radius 1 is 1.26 bits per heavy atom. The van der Waals surface area contributed by atoms with Crippen molar-refractivity contribution in [3.05, 3.63) is 36.6 Å². The van der Waals surface area contributed by atoms with Gasteiger partial charge in [-0.3, -0.25) is 0 Å². The van der Waals surface area contributed by atoms with E-state index in [1.165, 1.54) is 12.1 Å². The number of ether oxygens (including phenoxy) is 2. The molecule has 6 heteroatoms. The van der Waals surface area contributed by atoms with Crippen molar-refractivity contribution in [3.8, 4) is 5.75 Å². The maximum absolute atomic E-state index is 12.0.